The van der Waals surface area contributed by atoms with E-state index in [0.29, 0.717) is 27.7 Å². The van der Waals surface area contributed by atoms with Crippen LogP contribution in [0.5, 0.6) is 0 Å². The summed E-state index contributed by atoms with van der Waals surface area (Å²) < 4.78 is 47.1. The van der Waals surface area contributed by atoms with Crippen LogP contribution in [-0.2, 0) is 6.18 Å². The third-order valence-corrected chi connectivity index (χ3v) is 5.07. The maximum atomic E-state index is 13.1. The summed E-state index contributed by atoms with van der Waals surface area (Å²) >= 11 is 9.38. The summed E-state index contributed by atoms with van der Waals surface area (Å²) in [4.78, 5) is 7.98. The van der Waals surface area contributed by atoms with Crippen molar-refractivity contribution in [3.63, 3.8) is 0 Å². The molecule has 0 saturated carbocycles. The zero-order valence-electron chi connectivity index (χ0n) is 14.8. The summed E-state index contributed by atoms with van der Waals surface area (Å²) in [5.41, 5.74) is 1.36. The van der Waals surface area contributed by atoms with E-state index in [0.717, 1.165) is 16.2 Å². The molecule has 4 rings (SSSR count). The van der Waals surface area contributed by atoms with Crippen molar-refractivity contribution >= 4 is 27.5 Å². The molecule has 0 fully saturated rings. The first-order valence-corrected chi connectivity index (χ1v) is 9.54. The predicted molar refractivity (Wildman–Crippen MR) is 107 cm³/mol. The van der Waals surface area contributed by atoms with Crippen LogP contribution < -0.4 is 0 Å². The maximum absolute atomic E-state index is 13.1. The van der Waals surface area contributed by atoms with Crippen LogP contribution >= 0.6 is 27.5 Å². The van der Waals surface area contributed by atoms with E-state index >= 15 is 0 Å². The molecule has 0 atom stereocenters. The predicted octanol–water partition coefficient (Wildman–Crippen LogP) is 6.94. The summed E-state index contributed by atoms with van der Waals surface area (Å²) in [5, 5.41) is 0.576. The second-order valence-corrected chi connectivity index (χ2v) is 7.59. The summed E-state index contributed by atoms with van der Waals surface area (Å²) in [6.45, 7) is 1.52. The fourth-order valence-corrected chi connectivity index (χ4v) is 3.49. The summed E-state index contributed by atoms with van der Waals surface area (Å²) in [7, 11) is 0. The first kappa shape index (κ1) is 19.7. The third-order valence-electron chi connectivity index (χ3n) is 4.32. The molecule has 0 amide bonds. The van der Waals surface area contributed by atoms with Crippen LogP contribution in [0.4, 0.5) is 13.2 Å². The Balaban J connectivity index is 1.90. The van der Waals surface area contributed by atoms with Gasteiger partial charge in [0.25, 0.3) is 0 Å². The Morgan fingerprint density at radius 1 is 1.10 bits per heavy atom. The lowest BCUT2D eigenvalue weighted by Gasteiger charge is -2.12. The van der Waals surface area contributed by atoms with Gasteiger partial charge in [0.15, 0.2) is 17.8 Å². The number of hydrogen-bond acceptors (Lipinski definition) is 3. The molecule has 29 heavy (non-hydrogen) atoms. The SMILES string of the molecule is Cc1nc(C(F)(F)F)cn1-c1ccc(Br)cc1-c1ncoc1-c1ccc(Cl)cc1. The Labute approximate surface area is 177 Å². The van der Waals surface area contributed by atoms with Crippen LogP contribution in [0.2, 0.25) is 5.02 Å². The van der Waals surface area contributed by atoms with E-state index in [4.69, 9.17) is 16.0 Å². The molecule has 0 N–H and O–H groups in total. The van der Waals surface area contributed by atoms with Gasteiger partial charge >= 0.3 is 6.18 Å². The van der Waals surface area contributed by atoms with Gasteiger partial charge in [-0.1, -0.05) is 27.5 Å². The van der Waals surface area contributed by atoms with Crippen LogP contribution in [0.25, 0.3) is 28.3 Å². The Kier molecular flexibility index (Phi) is 5.00. The van der Waals surface area contributed by atoms with Gasteiger partial charge in [0.1, 0.15) is 11.5 Å². The van der Waals surface area contributed by atoms with Gasteiger partial charge < -0.3 is 8.98 Å². The molecule has 2 aromatic carbocycles. The van der Waals surface area contributed by atoms with Gasteiger partial charge in [-0.25, -0.2) is 9.97 Å². The summed E-state index contributed by atoms with van der Waals surface area (Å²) in [5.74, 6) is 0.687. The molecular formula is C20H12BrClF3N3O. The number of benzene rings is 2. The highest BCUT2D eigenvalue weighted by molar-refractivity contribution is 9.10. The quantitative estimate of drug-likeness (QED) is 0.318. The second kappa shape index (κ2) is 7.35. The third kappa shape index (κ3) is 3.82. The fraction of sp³-hybridized carbons (Fsp3) is 0.100. The molecule has 0 aliphatic carbocycles. The molecular weight excluding hydrogens is 471 g/mol. The van der Waals surface area contributed by atoms with Gasteiger partial charge in [0.2, 0.25) is 0 Å². The van der Waals surface area contributed by atoms with Crippen LogP contribution in [-0.4, -0.2) is 14.5 Å². The number of halogens is 5. The normalized spacial score (nSPS) is 11.8. The van der Waals surface area contributed by atoms with Crippen molar-refractivity contribution in [2.75, 3.05) is 0 Å². The molecule has 0 aliphatic heterocycles. The van der Waals surface area contributed by atoms with E-state index in [1.807, 2.05) is 0 Å². The summed E-state index contributed by atoms with van der Waals surface area (Å²) in [6, 6.07) is 12.2. The molecule has 4 nitrogen and oxygen atoms in total. The van der Waals surface area contributed by atoms with Crippen molar-refractivity contribution < 1.29 is 17.6 Å². The Bertz CT molecular complexity index is 1180. The largest absolute Gasteiger partial charge is 0.443 e. The standard InChI is InChI=1S/C20H12BrClF3N3O/c1-11-27-17(20(23,24)25)9-28(11)16-7-4-13(21)8-15(16)18-19(29-10-26-18)12-2-5-14(22)6-3-12/h2-10H,1H3. The van der Waals surface area contributed by atoms with Gasteiger partial charge in [-0.3, -0.25) is 0 Å². The monoisotopic (exact) mass is 481 g/mol. The highest BCUT2D eigenvalue weighted by Gasteiger charge is 2.34. The lowest BCUT2D eigenvalue weighted by molar-refractivity contribution is -0.141. The Morgan fingerprint density at radius 3 is 2.48 bits per heavy atom. The van der Waals surface area contributed by atoms with Crippen molar-refractivity contribution in [2.45, 2.75) is 13.1 Å². The molecule has 0 bridgehead atoms. The van der Waals surface area contributed by atoms with Crippen LogP contribution in [0, 0.1) is 6.92 Å². The number of aromatic nitrogens is 3. The topological polar surface area (TPSA) is 43.9 Å². The average molecular weight is 483 g/mol. The molecule has 2 aromatic heterocycles. The van der Waals surface area contributed by atoms with Crippen molar-refractivity contribution in [1.82, 2.24) is 14.5 Å². The van der Waals surface area contributed by atoms with E-state index < -0.39 is 11.9 Å². The zero-order chi connectivity index (χ0) is 20.8. The number of oxazole rings is 1. The number of aryl methyl sites for hydroxylation is 1. The molecule has 4 aromatic rings. The van der Waals surface area contributed by atoms with Crippen molar-refractivity contribution in [2.24, 2.45) is 0 Å². The number of hydrogen-bond donors (Lipinski definition) is 0. The molecule has 0 saturated heterocycles. The first-order valence-electron chi connectivity index (χ1n) is 8.37. The fourth-order valence-electron chi connectivity index (χ4n) is 3.01. The van der Waals surface area contributed by atoms with E-state index in [-0.39, 0.29) is 5.82 Å². The highest BCUT2D eigenvalue weighted by Crippen LogP contribution is 2.38. The van der Waals surface area contributed by atoms with E-state index in [9.17, 15) is 13.2 Å². The highest BCUT2D eigenvalue weighted by atomic mass is 79.9. The zero-order valence-corrected chi connectivity index (χ0v) is 17.2. The first-order chi connectivity index (χ1) is 13.7. The van der Waals surface area contributed by atoms with Crippen LogP contribution in [0.15, 0.2) is 63.9 Å². The number of rotatable bonds is 3. The molecule has 9 heteroatoms. The second-order valence-electron chi connectivity index (χ2n) is 6.24. The summed E-state index contributed by atoms with van der Waals surface area (Å²) in [6.07, 6.45) is -2.26. The van der Waals surface area contributed by atoms with Gasteiger partial charge in [0, 0.05) is 26.8 Å². The number of nitrogens with zero attached hydrogens (tertiary/aromatic N) is 3. The Hall–Kier alpha value is -2.58. The molecule has 0 aliphatic rings. The minimum atomic E-state index is -4.53. The van der Waals surface area contributed by atoms with E-state index in [2.05, 4.69) is 25.9 Å². The molecule has 0 unspecified atom stereocenters. The van der Waals surface area contributed by atoms with Gasteiger partial charge in [-0.2, -0.15) is 13.2 Å². The van der Waals surface area contributed by atoms with Gasteiger partial charge in [-0.15, -0.1) is 0 Å². The van der Waals surface area contributed by atoms with Crippen LogP contribution in [0.3, 0.4) is 0 Å². The average Bonchev–Trinajstić information content (AvgIpc) is 3.29. The van der Waals surface area contributed by atoms with Crippen molar-refractivity contribution in [1.29, 1.82) is 0 Å². The minimum Gasteiger partial charge on any atom is -0.443 e. The number of imidazole rings is 1. The van der Waals surface area contributed by atoms with E-state index in [1.54, 1.807) is 42.5 Å². The molecule has 2 heterocycles. The molecule has 148 valence electrons. The van der Waals surface area contributed by atoms with Crippen molar-refractivity contribution in [3.05, 3.63) is 76.1 Å². The minimum absolute atomic E-state index is 0.206. The number of alkyl halides is 3. The lowest BCUT2D eigenvalue weighted by Crippen LogP contribution is -2.05. The molecule has 0 radical (unpaired) electrons. The Morgan fingerprint density at radius 2 is 1.83 bits per heavy atom. The maximum Gasteiger partial charge on any atom is 0.434 e. The molecule has 0 spiro atoms. The lowest BCUT2D eigenvalue weighted by atomic mass is 10.0. The van der Waals surface area contributed by atoms with Crippen molar-refractivity contribution in [3.8, 4) is 28.3 Å². The van der Waals surface area contributed by atoms with E-state index in [1.165, 1.54) is 17.9 Å². The smallest absolute Gasteiger partial charge is 0.434 e. The van der Waals surface area contributed by atoms with Crippen LogP contribution in [0.1, 0.15) is 11.5 Å². The van der Waals surface area contributed by atoms with Gasteiger partial charge in [0.05, 0.1) is 5.69 Å². The van der Waals surface area contributed by atoms with Gasteiger partial charge in [-0.05, 0) is 49.4 Å².